The van der Waals surface area contributed by atoms with E-state index in [1.54, 1.807) is 55.6 Å². The maximum atomic E-state index is 14.7. The summed E-state index contributed by atoms with van der Waals surface area (Å²) in [5.41, 5.74) is 1.82. The Hall–Kier alpha value is -3.63. The summed E-state index contributed by atoms with van der Waals surface area (Å²) in [7, 11) is -14.0. The Bertz CT molecular complexity index is 2970. The summed E-state index contributed by atoms with van der Waals surface area (Å²) in [6.45, 7) is 34.4. The minimum atomic E-state index is -4.41. The van der Waals surface area contributed by atoms with Gasteiger partial charge in [0.25, 0.3) is 28.6 Å². The largest absolute Gasteiger partial charge is 0.411 e. The highest BCUT2D eigenvalue weighted by atomic mass is 32.2. The Kier molecular flexibility index (Phi) is 32.5. The zero-order valence-corrected chi connectivity index (χ0v) is 63.4. The SMILES string of the molecule is C#C[C@H](CC/C=C/[C@@H](OCOC)[C@H](CC[C@@H](O[Si](C)(C)C(C)(C)C)[C@@H](CC[C@H](OS(=O)(=O)c1ccc(C)cc1)[C@@H](CCCCCCCCCC)OCOC)O[Si](C)(C)C(C)(C)C)OS(=O)(=O)c1ccc(C)cc1)O[Si](c1ccccc1)(c1ccccc1)C(C)(C)C. The quantitative estimate of drug-likeness (QED) is 0.0103. The van der Waals surface area contributed by atoms with E-state index >= 15 is 0 Å². The third-order valence-electron chi connectivity index (χ3n) is 18.3. The molecule has 0 N–H and O–H groups in total. The van der Waals surface area contributed by atoms with Gasteiger partial charge in [0.2, 0.25) is 0 Å². The van der Waals surface area contributed by atoms with Gasteiger partial charge in [-0.2, -0.15) is 16.8 Å². The fourth-order valence-corrected chi connectivity index (χ4v) is 20.4. The molecule has 0 saturated heterocycles. The Morgan fingerprint density at radius 2 is 0.890 bits per heavy atom. The Morgan fingerprint density at radius 3 is 1.31 bits per heavy atom. The number of hydrogen-bond donors (Lipinski definition) is 0. The van der Waals surface area contributed by atoms with Gasteiger partial charge in [-0.3, -0.25) is 8.37 Å². The van der Waals surface area contributed by atoms with Crippen LogP contribution in [-0.4, -0.2) is 112 Å². The number of terminal acetylenes is 1. The Labute approximate surface area is 555 Å². The van der Waals surface area contributed by atoms with Crippen LogP contribution in [0.15, 0.2) is 131 Å². The molecule has 4 rings (SSSR count). The van der Waals surface area contributed by atoms with Gasteiger partial charge in [0.05, 0.1) is 28.1 Å². The number of hydrogen-bond acceptors (Lipinski definition) is 13. The van der Waals surface area contributed by atoms with Crippen molar-refractivity contribution in [3.05, 3.63) is 132 Å². The molecular weight excluding hydrogens is 1230 g/mol. The molecule has 4 aromatic rings. The van der Waals surface area contributed by atoms with Gasteiger partial charge in [0.15, 0.2) is 16.6 Å². The first-order chi connectivity index (χ1) is 42.7. The summed E-state index contributed by atoms with van der Waals surface area (Å²) in [6, 6.07) is 34.1. The average molecular weight is 1350 g/mol. The molecule has 18 heteroatoms. The summed E-state index contributed by atoms with van der Waals surface area (Å²) in [4.78, 5) is 0.0614. The monoisotopic (exact) mass is 1350 g/mol. The van der Waals surface area contributed by atoms with E-state index in [0.29, 0.717) is 25.7 Å². The summed E-state index contributed by atoms with van der Waals surface area (Å²) in [5.74, 6) is 2.99. The first-order valence-electron chi connectivity index (χ1n) is 33.2. The molecule has 0 aliphatic heterocycles. The van der Waals surface area contributed by atoms with Crippen molar-refractivity contribution < 1.29 is 57.4 Å². The molecule has 4 aromatic carbocycles. The number of unbranched alkanes of at least 4 members (excludes halogenated alkanes) is 7. The molecule has 0 radical (unpaired) electrons. The van der Waals surface area contributed by atoms with E-state index in [-0.39, 0.29) is 57.8 Å². The fourth-order valence-electron chi connectivity index (χ4n) is 10.8. The molecule has 0 heterocycles. The van der Waals surface area contributed by atoms with Crippen LogP contribution in [0.4, 0.5) is 0 Å². The lowest BCUT2D eigenvalue weighted by Gasteiger charge is -2.46. The van der Waals surface area contributed by atoms with Crippen LogP contribution < -0.4 is 10.4 Å². The number of methoxy groups -OCH3 is 2. The predicted octanol–water partition coefficient (Wildman–Crippen LogP) is 16.9. The van der Waals surface area contributed by atoms with Gasteiger partial charge in [-0.05, 0) is 135 Å². The van der Waals surface area contributed by atoms with Crippen molar-refractivity contribution in [2.45, 2.75) is 273 Å². The van der Waals surface area contributed by atoms with E-state index in [1.165, 1.54) is 32.8 Å². The molecule has 0 spiro atoms. The van der Waals surface area contributed by atoms with Crippen LogP contribution in [0.1, 0.15) is 177 Å². The highest BCUT2D eigenvalue weighted by Gasteiger charge is 2.52. The zero-order valence-electron chi connectivity index (χ0n) is 58.8. The number of aryl methyl sites for hydroxylation is 2. The molecule has 0 bridgehead atoms. The van der Waals surface area contributed by atoms with E-state index in [2.05, 4.69) is 126 Å². The highest BCUT2D eigenvalue weighted by molar-refractivity contribution is 7.87. The minimum absolute atomic E-state index is 0.00646. The molecule has 13 nitrogen and oxygen atoms in total. The molecular formula is C73H116O13S2Si3. The normalized spacial score (nSPS) is 15.7. The van der Waals surface area contributed by atoms with E-state index in [1.807, 2.05) is 62.4 Å². The molecule has 0 aliphatic carbocycles. The summed E-state index contributed by atoms with van der Waals surface area (Å²) >= 11 is 0. The van der Waals surface area contributed by atoms with Gasteiger partial charge in [0.1, 0.15) is 38.0 Å². The lowest BCUT2D eigenvalue weighted by atomic mass is 9.96. The summed E-state index contributed by atoms with van der Waals surface area (Å²) < 4.78 is 118. The van der Waals surface area contributed by atoms with Gasteiger partial charge < -0.3 is 32.2 Å². The zero-order chi connectivity index (χ0) is 67.7. The second-order valence-electron chi connectivity index (χ2n) is 28.6. The maximum absolute atomic E-state index is 14.7. The van der Waals surface area contributed by atoms with Gasteiger partial charge in [-0.1, -0.05) is 235 Å². The van der Waals surface area contributed by atoms with Crippen LogP contribution in [0.5, 0.6) is 0 Å². The van der Waals surface area contributed by atoms with E-state index < -0.39 is 87.9 Å². The second-order valence-corrected chi connectivity index (χ2v) is 45.6. The highest BCUT2D eigenvalue weighted by Crippen LogP contribution is 2.43. The molecule has 0 saturated carbocycles. The van der Waals surface area contributed by atoms with Crippen LogP contribution in [0.2, 0.25) is 41.3 Å². The first-order valence-corrected chi connectivity index (χ1v) is 43.7. The summed E-state index contributed by atoms with van der Waals surface area (Å²) in [5, 5.41) is 1.42. The summed E-state index contributed by atoms with van der Waals surface area (Å²) in [6.07, 6.45) is 15.9. The average Bonchev–Trinajstić information content (AvgIpc) is 0.750. The standard InChI is InChI=1S/C73H116O13S2Si3/c1-20-22-23-24-25-26-27-34-42-65(80-56-78-14)67(82-87(74,75)61-48-44-58(3)45-49-61)52-54-69(85-89(16,17)71(5,6)7)70(86-90(18,19)72(8,9)10)55-53-68(83-88(76,77)62-50-46-59(4)47-51-62)66(81-57-79-15)43-36-35-37-60(21-2)84-91(73(11,12)13,63-38-30-28-31-39-63)64-40-32-29-33-41-64/h2,28-33,36,38-41,43-51,60,65-70H,20,22-27,34-35,37,42,52-57H2,1,3-19H3/b43-36+/t60-,65-,66-,67+,68+,69-,70-/m1/s1. The lowest BCUT2D eigenvalue weighted by molar-refractivity contribution is -0.112. The molecule has 510 valence electrons. The molecule has 7 atom stereocenters. The maximum Gasteiger partial charge on any atom is 0.297 e. The molecule has 0 aliphatic rings. The minimum Gasteiger partial charge on any atom is -0.411 e. The van der Waals surface area contributed by atoms with Crippen LogP contribution in [-0.2, 0) is 60.8 Å². The van der Waals surface area contributed by atoms with Crippen molar-refractivity contribution in [1.29, 1.82) is 0 Å². The van der Waals surface area contributed by atoms with Gasteiger partial charge in [-0.25, -0.2) is 0 Å². The number of rotatable bonds is 42. The topological polar surface area (TPSA) is 151 Å². The van der Waals surface area contributed by atoms with Crippen LogP contribution in [0, 0.1) is 26.2 Å². The van der Waals surface area contributed by atoms with Gasteiger partial charge in [-0.15, -0.1) is 6.42 Å². The number of ether oxygens (including phenoxy) is 4. The van der Waals surface area contributed by atoms with Crippen LogP contribution in [0.3, 0.4) is 0 Å². The smallest absolute Gasteiger partial charge is 0.297 e. The Balaban J connectivity index is 1.86. The van der Waals surface area contributed by atoms with Gasteiger partial charge >= 0.3 is 0 Å². The predicted molar refractivity (Wildman–Crippen MR) is 380 cm³/mol. The van der Waals surface area contributed by atoms with Crippen molar-refractivity contribution in [3.63, 3.8) is 0 Å². The molecule has 0 amide bonds. The molecule has 0 aromatic heterocycles. The number of benzene rings is 4. The van der Waals surface area contributed by atoms with E-state index in [9.17, 15) is 16.8 Å². The second kappa shape index (κ2) is 37.0. The molecule has 0 fully saturated rings. The van der Waals surface area contributed by atoms with Crippen molar-refractivity contribution >= 4 is 55.6 Å². The van der Waals surface area contributed by atoms with E-state index in [0.717, 1.165) is 47.2 Å². The van der Waals surface area contributed by atoms with Crippen LogP contribution >= 0.6 is 0 Å². The van der Waals surface area contributed by atoms with Crippen LogP contribution in [0.25, 0.3) is 0 Å². The third-order valence-corrected chi connectivity index (χ3v) is 35.0. The van der Waals surface area contributed by atoms with E-state index in [4.69, 9.17) is 47.0 Å². The first kappa shape index (κ1) is 79.8. The van der Waals surface area contributed by atoms with Crippen molar-refractivity contribution in [1.82, 2.24) is 0 Å². The molecule has 0 unspecified atom stereocenters. The van der Waals surface area contributed by atoms with Crippen molar-refractivity contribution in [2.75, 3.05) is 27.8 Å². The van der Waals surface area contributed by atoms with Gasteiger partial charge in [0, 0.05) is 14.2 Å². The van der Waals surface area contributed by atoms with Crippen molar-refractivity contribution in [3.8, 4) is 12.3 Å². The lowest BCUT2D eigenvalue weighted by Crippen LogP contribution is -2.67. The third kappa shape index (κ3) is 24.8. The van der Waals surface area contributed by atoms with Crippen molar-refractivity contribution in [2.24, 2.45) is 0 Å². The Morgan fingerprint density at radius 1 is 0.484 bits per heavy atom. The molecule has 91 heavy (non-hydrogen) atoms. The fraction of sp³-hybridized carbons (Fsp3) is 0.616. The number of allylic oxidation sites excluding steroid dienone is 1.